The van der Waals surface area contributed by atoms with Crippen LogP contribution in [0.5, 0.6) is 0 Å². The molecule has 1 fully saturated rings. The van der Waals surface area contributed by atoms with E-state index in [1.807, 2.05) is 4.90 Å². The summed E-state index contributed by atoms with van der Waals surface area (Å²) in [6.45, 7) is 3.77. The van der Waals surface area contributed by atoms with Crippen LogP contribution in [0.1, 0.15) is 6.42 Å². The molecular weight excluding hydrogens is 372 g/mol. The first-order valence-corrected chi connectivity index (χ1v) is 9.07. The van der Waals surface area contributed by atoms with Crippen LogP contribution in [0.4, 0.5) is 23.1 Å². The summed E-state index contributed by atoms with van der Waals surface area (Å²) in [7, 11) is 0. The lowest BCUT2D eigenvalue weighted by molar-refractivity contribution is -0.384. The Morgan fingerprint density at radius 2 is 1.93 bits per heavy atom. The number of hydrogen-bond donors (Lipinski definition) is 2. The molecule has 0 aliphatic carbocycles. The molecule has 2 aromatic rings. The van der Waals surface area contributed by atoms with Crippen LogP contribution >= 0.6 is 11.6 Å². The minimum Gasteiger partial charge on any atom is -0.396 e. The highest BCUT2D eigenvalue weighted by atomic mass is 35.5. The lowest BCUT2D eigenvalue weighted by Gasteiger charge is -2.35. The van der Waals surface area contributed by atoms with E-state index in [0.717, 1.165) is 31.7 Å². The minimum atomic E-state index is -0.459. The van der Waals surface area contributed by atoms with E-state index in [0.29, 0.717) is 29.9 Å². The summed E-state index contributed by atoms with van der Waals surface area (Å²) in [5.74, 6) is 0.605. The highest BCUT2D eigenvalue weighted by molar-refractivity contribution is 6.30. The van der Waals surface area contributed by atoms with Crippen molar-refractivity contribution in [2.45, 2.75) is 6.42 Å². The van der Waals surface area contributed by atoms with Crippen molar-refractivity contribution in [2.75, 3.05) is 49.5 Å². The molecule has 2 N–H and O–H groups in total. The van der Waals surface area contributed by atoms with Crippen LogP contribution in [0.3, 0.4) is 0 Å². The van der Waals surface area contributed by atoms with Gasteiger partial charge in [0.2, 0.25) is 11.8 Å². The zero-order valence-corrected chi connectivity index (χ0v) is 15.5. The molecule has 0 radical (unpaired) electrons. The number of anilines is 3. The first kappa shape index (κ1) is 19.3. The Morgan fingerprint density at radius 3 is 2.56 bits per heavy atom. The summed E-state index contributed by atoms with van der Waals surface area (Å²) < 4.78 is 0. The average Bonchev–Trinajstić information content (AvgIpc) is 2.68. The molecule has 27 heavy (non-hydrogen) atoms. The van der Waals surface area contributed by atoms with Crippen molar-refractivity contribution in [3.8, 4) is 0 Å². The fourth-order valence-electron chi connectivity index (χ4n) is 2.93. The molecule has 9 nitrogen and oxygen atoms in total. The number of piperazine rings is 1. The van der Waals surface area contributed by atoms with Gasteiger partial charge < -0.3 is 15.3 Å². The van der Waals surface area contributed by atoms with Gasteiger partial charge in [0.25, 0.3) is 0 Å². The Balaban J connectivity index is 1.76. The number of benzene rings is 1. The molecule has 2 heterocycles. The third-order valence-corrected chi connectivity index (χ3v) is 4.60. The van der Waals surface area contributed by atoms with Crippen molar-refractivity contribution in [2.24, 2.45) is 0 Å². The molecule has 1 aromatic carbocycles. The molecule has 0 amide bonds. The Bertz CT molecular complexity index is 781. The minimum absolute atomic E-state index is 0.111. The maximum atomic E-state index is 11.4. The molecule has 1 saturated heterocycles. The molecular formula is C17H21ClN6O3. The molecule has 144 valence electrons. The highest BCUT2D eigenvalue weighted by Crippen LogP contribution is 2.28. The van der Waals surface area contributed by atoms with Gasteiger partial charge in [0.15, 0.2) is 0 Å². The van der Waals surface area contributed by atoms with E-state index < -0.39 is 4.92 Å². The Hall–Kier alpha value is -2.49. The van der Waals surface area contributed by atoms with Gasteiger partial charge in [-0.15, -0.1) is 0 Å². The molecule has 1 aromatic heterocycles. The van der Waals surface area contributed by atoms with Crippen LogP contribution in [0, 0.1) is 10.1 Å². The third kappa shape index (κ3) is 5.03. The number of nitrogens with one attached hydrogen (secondary N) is 1. The number of halogens is 1. The Kier molecular flexibility index (Phi) is 6.38. The first-order chi connectivity index (χ1) is 13.1. The number of hydrogen-bond acceptors (Lipinski definition) is 8. The van der Waals surface area contributed by atoms with Crippen LogP contribution in [0.15, 0.2) is 30.5 Å². The van der Waals surface area contributed by atoms with Crippen molar-refractivity contribution >= 4 is 34.7 Å². The quantitative estimate of drug-likeness (QED) is 0.545. The number of aliphatic hydroxyl groups excluding tert-OH is 1. The van der Waals surface area contributed by atoms with Crippen molar-refractivity contribution in [1.29, 1.82) is 0 Å². The molecule has 0 unspecified atom stereocenters. The summed E-state index contributed by atoms with van der Waals surface area (Å²) in [4.78, 5) is 23.5. The van der Waals surface area contributed by atoms with Gasteiger partial charge in [0, 0.05) is 50.0 Å². The fourth-order valence-corrected chi connectivity index (χ4v) is 3.05. The highest BCUT2D eigenvalue weighted by Gasteiger charge is 2.26. The van der Waals surface area contributed by atoms with Crippen molar-refractivity contribution in [3.63, 3.8) is 0 Å². The van der Waals surface area contributed by atoms with Gasteiger partial charge >= 0.3 is 5.69 Å². The van der Waals surface area contributed by atoms with Crippen molar-refractivity contribution < 1.29 is 10.0 Å². The maximum absolute atomic E-state index is 11.4. The largest absolute Gasteiger partial charge is 0.396 e. The van der Waals surface area contributed by atoms with Gasteiger partial charge in [-0.3, -0.25) is 15.0 Å². The molecule has 10 heteroatoms. The Morgan fingerprint density at radius 1 is 1.22 bits per heavy atom. The van der Waals surface area contributed by atoms with Gasteiger partial charge in [-0.05, 0) is 30.7 Å². The van der Waals surface area contributed by atoms with E-state index in [-0.39, 0.29) is 12.3 Å². The van der Waals surface area contributed by atoms with E-state index in [9.17, 15) is 10.1 Å². The molecule has 1 aliphatic rings. The summed E-state index contributed by atoms with van der Waals surface area (Å²) in [6, 6.07) is 7.04. The van der Waals surface area contributed by atoms with Crippen LogP contribution in [-0.4, -0.2) is 64.2 Å². The van der Waals surface area contributed by atoms with E-state index in [2.05, 4.69) is 20.2 Å². The fraction of sp³-hybridized carbons (Fsp3) is 0.412. The van der Waals surface area contributed by atoms with Gasteiger partial charge in [-0.25, -0.2) is 4.98 Å². The predicted octanol–water partition coefficient (Wildman–Crippen LogP) is 2.29. The number of nitrogens with zero attached hydrogens (tertiary/aromatic N) is 5. The molecule has 0 atom stereocenters. The summed E-state index contributed by atoms with van der Waals surface area (Å²) >= 11 is 5.88. The summed E-state index contributed by atoms with van der Waals surface area (Å²) in [6.07, 6.45) is 1.96. The SMILES string of the molecule is O=[N+]([O-])c1cnc(Nc2ccc(Cl)cc2)nc1N1CCN(CCCO)CC1. The number of rotatable bonds is 7. The van der Waals surface area contributed by atoms with Crippen molar-refractivity contribution in [1.82, 2.24) is 14.9 Å². The lowest BCUT2D eigenvalue weighted by atomic mass is 10.2. The molecule has 0 saturated carbocycles. The molecule has 3 rings (SSSR count). The second-order valence-corrected chi connectivity index (χ2v) is 6.63. The first-order valence-electron chi connectivity index (χ1n) is 8.69. The molecule has 1 aliphatic heterocycles. The average molecular weight is 393 g/mol. The van der Waals surface area contributed by atoms with Crippen LogP contribution in [0.2, 0.25) is 5.02 Å². The predicted molar refractivity (Wildman–Crippen MR) is 104 cm³/mol. The van der Waals surface area contributed by atoms with Gasteiger partial charge in [0.1, 0.15) is 6.20 Å². The number of nitro groups is 1. The lowest BCUT2D eigenvalue weighted by Crippen LogP contribution is -2.47. The van der Waals surface area contributed by atoms with E-state index in [1.54, 1.807) is 24.3 Å². The van der Waals surface area contributed by atoms with Crippen LogP contribution < -0.4 is 10.2 Å². The van der Waals surface area contributed by atoms with Gasteiger partial charge in [-0.2, -0.15) is 4.98 Å². The monoisotopic (exact) mass is 392 g/mol. The number of aromatic nitrogens is 2. The zero-order chi connectivity index (χ0) is 19.2. The van der Waals surface area contributed by atoms with Crippen molar-refractivity contribution in [3.05, 3.63) is 45.6 Å². The second kappa shape index (κ2) is 8.94. The van der Waals surface area contributed by atoms with Crippen LogP contribution in [0.25, 0.3) is 0 Å². The smallest absolute Gasteiger partial charge is 0.329 e. The van der Waals surface area contributed by atoms with E-state index in [4.69, 9.17) is 16.7 Å². The van der Waals surface area contributed by atoms with E-state index >= 15 is 0 Å². The van der Waals surface area contributed by atoms with Crippen LogP contribution in [-0.2, 0) is 0 Å². The zero-order valence-electron chi connectivity index (χ0n) is 14.7. The van der Waals surface area contributed by atoms with Gasteiger partial charge in [0.05, 0.1) is 4.92 Å². The van der Waals surface area contributed by atoms with E-state index in [1.165, 1.54) is 6.20 Å². The molecule has 0 bridgehead atoms. The maximum Gasteiger partial charge on any atom is 0.329 e. The Labute approximate surface area is 161 Å². The summed E-state index contributed by atoms with van der Waals surface area (Å²) in [5.41, 5.74) is 0.633. The van der Waals surface area contributed by atoms with Gasteiger partial charge in [-0.1, -0.05) is 11.6 Å². The molecule has 0 spiro atoms. The topological polar surface area (TPSA) is 108 Å². The second-order valence-electron chi connectivity index (χ2n) is 6.20. The normalized spacial score (nSPS) is 15.0. The summed E-state index contributed by atoms with van der Waals surface area (Å²) in [5, 5.41) is 24.0. The number of aliphatic hydroxyl groups is 1. The standard InChI is InChI=1S/C17H21ClN6O3/c18-13-2-4-14(5-3-13)20-17-19-12-15(24(26)27)16(21-17)23-9-7-22(8-10-23)6-1-11-25/h2-5,12,25H,1,6-11H2,(H,19,20,21). The third-order valence-electron chi connectivity index (χ3n) is 4.35.